The maximum atomic E-state index is 4.59. The fourth-order valence-corrected chi connectivity index (χ4v) is 3.12. The third-order valence-electron chi connectivity index (χ3n) is 4.79. The number of nitrogens with zero attached hydrogens (tertiary/aromatic N) is 1. The topological polar surface area (TPSA) is 12.4 Å². The second kappa shape index (κ2) is 6.89. The fourth-order valence-electron chi connectivity index (χ4n) is 3.12. The van der Waals surface area contributed by atoms with Gasteiger partial charge in [0.25, 0.3) is 0 Å². The predicted molar refractivity (Wildman–Crippen MR) is 93.3 cm³/mol. The van der Waals surface area contributed by atoms with Crippen LogP contribution in [-0.2, 0) is 0 Å². The van der Waals surface area contributed by atoms with E-state index in [1.807, 2.05) is 0 Å². The van der Waals surface area contributed by atoms with Crippen molar-refractivity contribution in [3.05, 3.63) is 57.7 Å². The van der Waals surface area contributed by atoms with Crippen molar-refractivity contribution >= 4 is 6.21 Å². The smallest absolute Gasteiger partial charge is 0.0389 e. The van der Waals surface area contributed by atoms with Gasteiger partial charge in [-0.3, -0.25) is 4.99 Å². The van der Waals surface area contributed by atoms with Crippen LogP contribution >= 0.6 is 0 Å². The van der Waals surface area contributed by atoms with E-state index in [9.17, 15) is 0 Å². The lowest BCUT2D eigenvalue weighted by molar-refractivity contribution is 0.810. The molecule has 1 aromatic carbocycles. The molecule has 0 radical (unpaired) electrons. The molecule has 0 N–H and O–H groups in total. The van der Waals surface area contributed by atoms with Gasteiger partial charge in [0.05, 0.1) is 0 Å². The molecule has 0 aliphatic heterocycles. The van der Waals surface area contributed by atoms with Crippen LogP contribution in [0.15, 0.2) is 51.6 Å². The van der Waals surface area contributed by atoms with Crippen molar-refractivity contribution < 1.29 is 0 Å². The zero-order valence-electron chi connectivity index (χ0n) is 14.0. The Bertz CT molecular complexity index is 578. The summed E-state index contributed by atoms with van der Waals surface area (Å²) in [5, 5.41) is 0. The van der Waals surface area contributed by atoms with Gasteiger partial charge in [0, 0.05) is 18.7 Å². The standard InChI is InChI=1S/C20H27N/c1-6-7-12-21-13-18-10-8-9-11-19(18)20-16(4)14(2)15(3)17(20)5/h8-11,13,20H,6-7,12H2,1-5H3. The van der Waals surface area contributed by atoms with Gasteiger partial charge in [0.1, 0.15) is 0 Å². The van der Waals surface area contributed by atoms with E-state index < -0.39 is 0 Å². The Morgan fingerprint density at radius 2 is 1.62 bits per heavy atom. The van der Waals surface area contributed by atoms with Crippen molar-refractivity contribution in [1.82, 2.24) is 0 Å². The summed E-state index contributed by atoms with van der Waals surface area (Å²) in [5.41, 5.74) is 8.54. The largest absolute Gasteiger partial charge is 0.293 e. The number of hydrogen-bond donors (Lipinski definition) is 0. The third-order valence-corrected chi connectivity index (χ3v) is 4.79. The highest BCUT2D eigenvalue weighted by Gasteiger charge is 2.26. The van der Waals surface area contributed by atoms with Crippen LogP contribution in [0.5, 0.6) is 0 Å². The molecule has 1 heteroatoms. The Labute approximate surface area is 129 Å². The number of hydrogen-bond acceptors (Lipinski definition) is 1. The molecule has 0 bridgehead atoms. The molecule has 1 aromatic rings. The van der Waals surface area contributed by atoms with Gasteiger partial charge in [-0.25, -0.2) is 0 Å². The molecule has 0 heterocycles. The average Bonchev–Trinajstić information content (AvgIpc) is 2.68. The zero-order chi connectivity index (χ0) is 15.4. The maximum Gasteiger partial charge on any atom is 0.0389 e. The van der Waals surface area contributed by atoms with E-state index >= 15 is 0 Å². The maximum absolute atomic E-state index is 4.59. The molecule has 21 heavy (non-hydrogen) atoms. The molecule has 0 spiro atoms. The third kappa shape index (κ3) is 3.18. The lowest BCUT2D eigenvalue weighted by Crippen LogP contribution is -2.03. The predicted octanol–water partition coefficient (Wildman–Crippen LogP) is 5.68. The van der Waals surface area contributed by atoms with E-state index in [2.05, 4.69) is 70.1 Å². The van der Waals surface area contributed by atoms with Crippen LogP contribution in [0.2, 0.25) is 0 Å². The summed E-state index contributed by atoms with van der Waals surface area (Å²) in [6.07, 6.45) is 4.43. The van der Waals surface area contributed by atoms with E-state index in [1.165, 1.54) is 39.8 Å². The summed E-state index contributed by atoms with van der Waals surface area (Å²) in [5.74, 6) is 0.429. The molecule has 0 saturated carbocycles. The van der Waals surface area contributed by atoms with Crippen molar-refractivity contribution in [1.29, 1.82) is 0 Å². The molecule has 1 nitrogen and oxygen atoms in total. The van der Waals surface area contributed by atoms with E-state index in [4.69, 9.17) is 0 Å². The Kier molecular flexibility index (Phi) is 5.17. The zero-order valence-corrected chi connectivity index (χ0v) is 14.0. The van der Waals surface area contributed by atoms with Gasteiger partial charge in [-0.15, -0.1) is 0 Å². The minimum absolute atomic E-state index is 0.429. The van der Waals surface area contributed by atoms with Crippen molar-refractivity contribution in [2.24, 2.45) is 4.99 Å². The van der Waals surface area contributed by atoms with E-state index in [0.29, 0.717) is 5.92 Å². The Hall–Kier alpha value is -1.63. The molecule has 1 aliphatic carbocycles. The lowest BCUT2D eigenvalue weighted by atomic mass is 9.86. The van der Waals surface area contributed by atoms with Crippen LogP contribution in [0, 0.1) is 0 Å². The van der Waals surface area contributed by atoms with Gasteiger partial charge in [-0.2, -0.15) is 0 Å². The van der Waals surface area contributed by atoms with E-state index in [1.54, 1.807) is 0 Å². The first-order chi connectivity index (χ1) is 10.1. The fraction of sp³-hybridized carbons (Fsp3) is 0.450. The molecule has 0 fully saturated rings. The highest BCUT2D eigenvalue weighted by atomic mass is 14.7. The number of aliphatic imine (C=N–C) groups is 1. The summed E-state index contributed by atoms with van der Waals surface area (Å²) in [6.45, 7) is 12.2. The SMILES string of the molecule is CCCCN=Cc1ccccc1C1C(C)=C(C)C(C)=C1C. The Morgan fingerprint density at radius 1 is 1.00 bits per heavy atom. The van der Waals surface area contributed by atoms with Crippen LogP contribution in [-0.4, -0.2) is 12.8 Å². The van der Waals surface area contributed by atoms with Crippen LogP contribution in [0.25, 0.3) is 0 Å². The monoisotopic (exact) mass is 281 g/mol. The number of benzene rings is 1. The quantitative estimate of drug-likeness (QED) is 0.486. The molecule has 0 amide bonds. The highest BCUT2D eigenvalue weighted by Crippen LogP contribution is 2.43. The summed E-state index contributed by atoms with van der Waals surface area (Å²) in [4.78, 5) is 4.59. The van der Waals surface area contributed by atoms with Crippen molar-refractivity contribution in [3.63, 3.8) is 0 Å². The molecular weight excluding hydrogens is 254 g/mol. The number of unbranched alkanes of at least 4 members (excludes halogenated alkanes) is 1. The first kappa shape index (κ1) is 15.8. The first-order valence-electron chi connectivity index (χ1n) is 8.01. The first-order valence-corrected chi connectivity index (χ1v) is 8.01. The second-order valence-corrected chi connectivity index (χ2v) is 6.07. The molecule has 0 aromatic heterocycles. The second-order valence-electron chi connectivity index (χ2n) is 6.07. The minimum Gasteiger partial charge on any atom is -0.293 e. The molecule has 0 atom stereocenters. The minimum atomic E-state index is 0.429. The summed E-state index contributed by atoms with van der Waals surface area (Å²) < 4.78 is 0. The summed E-state index contributed by atoms with van der Waals surface area (Å²) in [6, 6.07) is 8.69. The molecule has 2 rings (SSSR count). The van der Waals surface area contributed by atoms with Crippen molar-refractivity contribution in [3.8, 4) is 0 Å². The Balaban J connectivity index is 2.35. The van der Waals surface area contributed by atoms with Gasteiger partial charge >= 0.3 is 0 Å². The lowest BCUT2D eigenvalue weighted by Gasteiger charge is -2.18. The molecule has 1 aliphatic rings. The number of rotatable bonds is 5. The van der Waals surface area contributed by atoms with Crippen LogP contribution in [0.1, 0.15) is 64.5 Å². The number of allylic oxidation sites excluding steroid dienone is 4. The van der Waals surface area contributed by atoms with Gasteiger partial charge < -0.3 is 0 Å². The molecule has 0 saturated heterocycles. The normalized spacial score (nSPS) is 16.6. The van der Waals surface area contributed by atoms with E-state index in [-0.39, 0.29) is 0 Å². The molecular formula is C20H27N. The highest BCUT2D eigenvalue weighted by molar-refractivity contribution is 5.83. The van der Waals surface area contributed by atoms with Gasteiger partial charge in [-0.1, -0.05) is 48.8 Å². The van der Waals surface area contributed by atoms with Crippen LogP contribution in [0.3, 0.4) is 0 Å². The molecule has 0 unspecified atom stereocenters. The Morgan fingerprint density at radius 3 is 2.24 bits per heavy atom. The average molecular weight is 281 g/mol. The van der Waals surface area contributed by atoms with Crippen LogP contribution in [0.4, 0.5) is 0 Å². The van der Waals surface area contributed by atoms with Gasteiger partial charge in [0.2, 0.25) is 0 Å². The van der Waals surface area contributed by atoms with E-state index in [0.717, 1.165) is 13.0 Å². The van der Waals surface area contributed by atoms with Crippen molar-refractivity contribution in [2.75, 3.05) is 6.54 Å². The van der Waals surface area contributed by atoms with Crippen LogP contribution < -0.4 is 0 Å². The summed E-state index contributed by atoms with van der Waals surface area (Å²) >= 11 is 0. The van der Waals surface area contributed by atoms with Gasteiger partial charge in [0.15, 0.2) is 0 Å². The van der Waals surface area contributed by atoms with Gasteiger partial charge in [-0.05, 0) is 56.4 Å². The molecule has 112 valence electrons. The van der Waals surface area contributed by atoms with Crippen molar-refractivity contribution in [2.45, 2.75) is 53.4 Å². The summed E-state index contributed by atoms with van der Waals surface area (Å²) in [7, 11) is 0.